The lowest BCUT2D eigenvalue weighted by Crippen LogP contribution is -2.05. The topological polar surface area (TPSA) is 74.5 Å². The van der Waals surface area contributed by atoms with Crippen LogP contribution in [-0.4, -0.2) is 13.4 Å². The Morgan fingerprint density at radius 2 is 1.15 bits per heavy atom. The van der Waals surface area contributed by atoms with Gasteiger partial charge in [-0.2, -0.15) is 5.26 Å². The van der Waals surface area contributed by atoms with Crippen molar-refractivity contribution in [3.8, 4) is 28.3 Å². The third-order valence-electron chi connectivity index (χ3n) is 9.89. The Labute approximate surface area is 349 Å². The third-order valence-corrected chi connectivity index (χ3v) is 9.89. The number of aryl methyl sites for hydroxylation is 1. The molecule has 0 saturated heterocycles. The van der Waals surface area contributed by atoms with Gasteiger partial charge in [-0.25, -0.2) is 0 Å². The number of allylic oxidation sites excluding steroid dienone is 6. The highest BCUT2D eigenvalue weighted by molar-refractivity contribution is 5.89. The summed E-state index contributed by atoms with van der Waals surface area (Å²) in [5.74, 6) is 0.103. The van der Waals surface area contributed by atoms with Crippen LogP contribution in [0.15, 0.2) is 222 Å². The summed E-state index contributed by atoms with van der Waals surface area (Å²) in [6, 6.07) is 66.5. The van der Waals surface area contributed by atoms with Gasteiger partial charge in [0.05, 0.1) is 18.2 Å². The van der Waals surface area contributed by atoms with Gasteiger partial charge in [-0.3, -0.25) is 9.98 Å². The van der Waals surface area contributed by atoms with Crippen molar-refractivity contribution in [1.82, 2.24) is 0 Å². The van der Waals surface area contributed by atoms with Gasteiger partial charge in [-0.1, -0.05) is 194 Å². The van der Waals surface area contributed by atoms with Gasteiger partial charge in [0.15, 0.2) is 0 Å². The summed E-state index contributed by atoms with van der Waals surface area (Å²) in [6.45, 7) is 9.63. The number of aliphatic imine (C=N–C) groups is 2. The van der Waals surface area contributed by atoms with E-state index in [4.69, 9.17) is 5.73 Å². The van der Waals surface area contributed by atoms with Gasteiger partial charge < -0.3 is 5.73 Å². The maximum Gasteiger partial charge on any atom is 0.122 e. The molecule has 0 bridgehead atoms. The molecule has 59 heavy (non-hydrogen) atoms. The number of nitrogens with two attached hydrogens (primary N) is 1. The molecule has 2 N–H and O–H groups in total. The first kappa shape index (κ1) is 41.2. The molecule has 7 aromatic rings. The molecule has 0 radical (unpaired) electrons. The van der Waals surface area contributed by atoms with Crippen molar-refractivity contribution in [2.24, 2.45) is 15.7 Å². The van der Waals surface area contributed by atoms with Crippen molar-refractivity contribution in [2.45, 2.75) is 25.6 Å². The number of hydrogen-bond donors (Lipinski definition) is 1. The molecule has 0 aromatic heterocycles. The van der Waals surface area contributed by atoms with Crippen molar-refractivity contribution in [3.63, 3.8) is 0 Å². The third kappa shape index (κ3) is 11.8. The summed E-state index contributed by atoms with van der Waals surface area (Å²) in [5, 5.41) is 9.60. The van der Waals surface area contributed by atoms with E-state index in [-0.39, 0.29) is 12.1 Å². The maximum atomic E-state index is 9.60. The lowest BCUT2D eigenvalue weighted by molar-refractivity contribution is 0.783. The first-order valence-electron chi connectivity index (χ1n) is 19.6. The molecule has 2 unspecified atom stereocenters. The number of nitrogens with zero attached hydrogens (tertiary/aromatic N) is 3. The van der Waals surface area contributed by atoms with Crippen LogP contribution in [0.3, 0.4) is 0 Å². The van der Waals surface area contributed by atoms with Crippen LogP contribution >= 0.6 is 0 Å². The molecule has 0 spiro atoms. The molecule has 8 rings (SSSR count). The largest absolute Gasteiger partial charge is 0.306 e. The van der Waals surface area contributed by atoms with Gasteiger partial charge in [-0.15, -0.1) is 0 Å². The summed E-state index contributed by atoms with van der Waals surface area (Å²) < 4.78 is 0. The molecule has 0 aliphatic heterocycles. The van der Waals surface area contributed by atoms with E-state index in [0.29, 0.717) is 12.1 Å². The van der Waals surface area contributed by atoms with Crippen molar-refractivity contribution in [3.05, 3.63) is 251 Å². The number of nitriles is 1. The van der Waals surface area contributed by atoms with Gasteiger partial charge >= 0.3 is 0 Å². The average molecular weight is 765 g/mol. The predicted octanol–water partition coefficient (Wildman–Crippen LogP) is 13.3. The van der Waals surface area contributed by atoms with E-state index in [9.17, 15) is 5.26 Å². The van der Waals surface area contributed by atoms with Crippen molar-refractivity contribution < 1.29 is 0 Å². The van der Waals surface area contributed by atoms with Crippen LogP contribution in [0, 0.1) is 18.3 Å². The second kappa shape index (κ2) is 21.2. The average Bonchev–Trinajstić information content (AvgIpc) is 3.54. The number of hydrogen-bond acceptors (Lipinski definition) is 4. The zero-order chi connectivity index (χ0) is 41.2. The normalized spacial score (nSPS) is 13.3. The monoisotopic (exact) mass is 764 g/mol. The fourth-order valence-electron chi connectivity index (χ4n) is 6.76. The lowest BCUT2D eigenvalue weighted by atomic mass is 9.92. The van der Waals surface area contributed by atoms with Crippen LogP contribution in [0.4, 0.5) is 0 Å². The molecule has 1 aliphatic rings. The second-order valence-electron chi connectivity index (χ2n) is 14.1. The minimum absolute atomic E-state index is 0.103. The number of rotatable bonds is 9. The van der Waals surface area contributed by atoms with Crippen LogP contribution < -0.4 is 5.73 Å². The Morgan fingerprint density at radius 1 is 0.593 bits per heavy atom. The number of benzene rings is 7. The molecular formula is C55H48N4. The Kier molecular flexibility index (Phi) is 14.8. The summed E-state index contributed by atoms with van der Waals surface area (Å²) in [7, 11) is 0. The molecule has 4 nitrogen and oxygen atoms in total. The van der Waals surface area contributed by atoms with Gasteiger partial charge in [0.25, 0.3) is 0 Å². The van der Waals surface area contributed by atoms with E-state index < -0.39 is 0 Å². The highest BCUT2D eigenvalue weighted by Gasteiger charge is 2.15. The molecule has 288 valence electrons. The molecular weight excluding hydrogens is 717 g/mol. The van der Waals surface area contributed by atoms with Crippen LogP contribution in [0.1, 0.15) is 51.0 Å². The molecule has 0 amide bonds. The van der Waals surface area contributed by atoms with E-state index in [1.54, 1.807) is 0 Å². The highest BCUT2D eigenvalue weighted by atomic mass is 14.9. The second-order valence-corrected chi connectivity index (χ2v) is 14.1. The molecule has 2 atom stereocenters. The fourth-order valence-corrected chi connectivity index (χ4v) is 6.76. The van der Waals surface area contributed by atoms with Gasteiger partial charge in [0.1, 0.15) is 6.17 Å². The van der Waals surface area contributed by atoms with Crippen LogP contribution in [-0.2, 0) is 6.54 Å². The summed E-state index contributed by atoms with van der Waals surface area (Å²) in [5.41, 5.74) is 20.1. The lowest BCUT2D eigenvalue weighted by Gasteiger charge is -2.12. The van der Waals surface area contributed by atoms with E-state index >= 15 is 0 Å². The minimum Gasteiger partial charge on any atom is -0.306 e. The predicted molar refractivity (Wildman–Crippen MR) is 250 cm³/mol. The van der Waals surface area contributed by atoms with E-state index in [0.717, 1.165) is 33.4 Å². The maximum absolute atomic E-state index is 9.60. The van der Waals surface area contributed by atoms with Crippen LogP contribution in [0.5, 0.6) is 0 Å². The molecule has 0 saturated carbocycles. The molecule has 0 fully saturated rings. The molecule has 4 heteroatoms. The Bertz CT molecular complexity index is 2560. The zero-order valence-corrected chi connectivity index (χ0v) is 33.4. The first-order chi connectivity index (χ1) is 28.9. The van der Waals surface area contributed by atoms with Crippen LogP contribution in [0.2, 0.25) is 0 Å². The van der Waals surface area contributed by atoms with E-state index in [2.05, 4.69) is 176 Å². The summed E-state index contributed by atoms with van der Waals surface area (Å²) in [6.07, 6.45) is 8.63. The summed E-state index contributed by atoms with van der Waals surface area (Å²) in [4.78, 5) is 7.81. The Balaban J connectivity index is 0.000000207. The standard InChI is InChI=1S/C34H26N2.C14H14N2.C7H8/c1-36-24-26-17-25(23-35)18-33(19-26)32-16-15-31(21-34(22-32)28-11-6-3-7-12-28)30-14-8-13-29(20-30)27-9-4-2-5-10-27;1-16-14(15)13-9-7-12(8-10-13)11-5-3-2-4-6-11;1-7-5-3-2-4-6-7/h2-22,31H,1,24H2;2-10,14H,1,15H2;2-6H,1H3. The molecule has 1 aliphatic carbocycles. The van der Waals surface area contributed by atoms with Crippen molar-refractivity contribution in [1.29, 1.82) is 5.26 Å². The van der Waals surface area contributed by atoms with Gasteiger partial charge in [0.2, 0.25) is 0 Å². The first-order valence-corrected chi connectivity index (χ1v) is 19.6. The Hall–Kier alpha value is -7.45. The fraction of sp³-hybridized carbons (Fsp3) is 0.0727. The van der Waals surface area contributed by atoms with Crippen molar-refractivity contribution in [2.75, 3.05) is 0 Å². The summed E-state index contributed by atoms with van der Waals surface area (Å²) >= 11 is 0. The smallest absolute Gasteiger partial charge is 0.122 e. The Morgan fingerprint density at radius 3 is 1.71 bits per heavy atom. The van der Waals surface area contributed by atoms with Gasteiger partial charge in [-0.05, 0) is 106 Å². The SMILES string of the molecule is C=NC(N)c1ccc(-c2ccccc2)cc1.C=NCc1cc(C#N)cc(C2=CC(c3ccccc3)=CC(c3cccc(-c4ccccc4)c3)C=C2)c1.Cc1ccccc1. The highest BCUT2D eigenvalue weighted by Crippen LogP contribution is 2.34. The van der Waals surface area contributed by atoms with E-state index in [1.807, 2.05) is 72.8 Å². The van der Waals surface area contributed by atoms with E-state index in [1.165, 1.54) is 33.4 Å². The quantitative estimate of drug-likeness (QED) is 0.149. The van der Waals surface area contributed by atoms with Crippen LogP contribution in [0.25, 0.3) is 33.4 Å². The molecule has 7 aromatic carbocycles. The van der Waals surface area contributed by atoms with Gasteiger partial charge in [0, 0.05) is 5.92 Å². The zero-order valence-electron chi connectivity index (χ0n) is 33.4. The molecule has 0 heterocycles. The minimum atomic E-state index is -0.329. The van der Waals surface area contributed by atoms with Crippen molar-refractivity contribution >= 4 is 24.6 Å².